The molecule has 2 aromatic carbocycles. The topological polar surface area (TPSA) is 51.0 Å². The fourth-order valence-electron chi connectivity index (χ4n) is 3.10. The summed E-state index contributed by atoms with van der Waals surface area (Å²) in [5, 5.41) is 4.65. The van der Waals surface area contributed by atoms with Crippen LogP contribution in [0.5, 0.6) is 0 Å². The second-order valence-corrected chi connectivity index (χ2v) is 6.70. The maximum absolute atomic E-state index is 13.2. The van der Waals surface area contributed by atoms with Crippen LogP contribution in [0.25, 0.3) is 16.9 Å². The average molecular weight is 386 g/mol. The van der Waals surface area contributed by atoms with Crippen molar-refractivity contribution in [3.63, 3.8) is 0 Å². The van der Waals surface area contributed by atoms with Crippen molar-refractivity contribution in [1.82, 2.24) is 19.7 Å². The third-order valence-corrected chi connectivity index (χ3v) is 4.58. The van der Waals surface area contributed by atoms with Crippen LogP contribution in [-0.4, -0.2) is 32.6 Å². The molecular formula is C23H19FN4O. The largest absolute Gasteiger partial charge is 0.337 e. The lowest BCUT2D eigenvalue weighted by atomic mass is 10.1. The van der Waals surface area contributed by atoms with Gasteiger partial charge in [0.05, 0.1) is 11.3 Å². The molecule has 29 heavy (non-hydrogen) atoms. The van der Waals surface area contributed by atoms with E-state index in [0.29, 0.717) is 17.8 Å². The predicted molar refractivity (Wildman–Crippen MR) is 109 cm³/mol. The highest BCUT2D eigenvalue weighted by molar-refractivity contribution is 5.99. The van der Waals surface area contributed by atoms with Crippen molar-refractivity contribution in [3.8, 4) is 16.9 Å². The van der Waals surface area contributed by atoms with Gasteiger partial charge in [-0.3, -0.25) is 9.78 Å². The van der Waals surface area contributed by atoms with Crippen molar-refractivity contribution in [2.75, 3.05) is 7.05 Å². The van der Waals surface area contributed by atoms with Gasteiger partial charge in [0, 0.05) is 37.7 Å². The van der Waals surface area contributed by atoms with E-state index < -0.39 is 0 Å². The number of halogens is 1. The Balaban J connectivity index is 1.70. The van der Waals surface area contributed by atoms with Crippen molar-refractivity contribution in [2.24, 2.45) is 0 Å². The van der Waals surface area contributed by atoms with E-state index in [2.05, 4.69) is 10.1 Å². The van der Waals surface area contributed by atoms with Crippen LogP contribution in [0.1, 0.15) is 15.9 Å². The highest BCUT2D eigenvalue weighted by Gasteiger charge is 2.22. The van der Waals surface area contributed by atoms with Crippen molar-refractivity contribution >= 4 is 5.91 Å². The average Bonchev–Trinajstić information content (AvgIpc) is 3.21. The molecular weight excluding hydrogens is 367 g/mol. The Bertz CT molecular complexity index is 1110. The Morgan fingerprint density at radius 1 is 1.03 bits per heavy atom. The van der Waals surface area contributed by atoms with E-state index in [-0.39, 0.29) is 11.7 Å². The van der Waals surface area contributed by atoms with E-state index in [9.17, 15) is 9.18 Å². The van der Waals surface area contributed by atoms with Crippen molar-refractivity contribution < 1.29 is 9.18 Å². The number of amides is 1. The van der Waals surface area contributed by atoms with E-state index in [1.165, 1.54) is 12.1 Å². The summed E-state index contributed by atoms with van der Waals surface area (Å²) in [7, 11) is 1.72. The van der Waals surface area contributed by atoms with Crippen LogP contribution >= 0.6 is 0 Å². The van der Waals surface area contributed by atoms with Crippen molar-refractivity contribution in [3.05, 3.63) is 102 Å². The van der Waals surface area contributed by atoms with Gasteiger partial charge in [-0.2, -0.15) is 5.10 Å². The second kappa shape index (κ2) is 8.06. The van der Waals surface area contributed by atoms with Gasteiger partial charge in [0.15, 0.2) is 0 Å². The van der Waals surface area contributed by atoms with Crippen LogP contribution in [0.3, 0.4) is 0 Å². The monoisotopic (exact) mass is 386 g/mol. The third kappa shape index (κ3) is 4.06. The normalized spacial score (nSPS) is 10.7. The highest BCUT2D eigenvalue weighted by Crippen LogP contribution is 2.24. The molecule has 0 N–H and O–H groups in total. The first kappa shape index (κ1) is 18.6. The second-order valence-electron chi connectivity index (χ2n) is 6.70. The summed E-state index contributed by atoms with van der Waals surface area (Å²) in [6.45, 7) is 0.363. The minimum absolute atomic E-state index is 0.171. The molecule has 0 radical (unpaired) electrons. The molecule has 5 nitrogen and oxygen atoms in total. The number of rotatable bonds is 5. The van der Waals surface area contributed by atoms with Gasteiger partial charge in [0.2, 0.25) is 0 Å². The molecule has 0 atom stereocenters. The van der Waals surface area contributed by atoms with Crippen molar-refractivity contribution in [2.45, 2.75) is 6.54 Å². The number of para-hydroxylation sites is 1. The van der Waals surface area contributed by atoms with Crippen LogP contribution in [0.15, 0.2) is 85.3 Å². The molecule has 0 bridgehead atoms. The maximum Gasteiger partial charge on any atom is 0.257 e. The zero-order valence-electron chi connectivity index (χ0n) is 15.9. The van der Waals surface area contributed by atoms with Gasteiger partial charge in [-0.15, -0.1) is 0 Å². The molecule has 0 saturated carbocycles. The first-order valence-electron chi connectivity index (χ1n) is 9.17. The van der Waals surface area contributed by atoms with Crippen molar-refractivity contribution in [1.29, 1.82) is 0 Å². The molecule has 0 fully saturated rings. The third-order valence-electron chi connectivity index (χ3n) is 4.58. The molecule has 0 spiro atoms. The smallest absolute Gasteiger partial charge is 0.257 e. The van der Waals surface area contributed by atoms with Gasteiger partial charge in [0.1, 0.15) is 11.5 Å². The summed E-state index contributed by atoms with van der Waals surface area (Å²) in [5.74, 6) is -0.471. The summed E-state index contributed by atoms with van der Waals surface area (Å²) < 4.78 is 14.9. The van der Waals surface area contributed by atoms with E-state index in [4.69, 9.17) is 0 Å². The van der Waals surface area contributed by atoms with Crippen LogP contribution in [0.2, 0.25) is 0 Å². The van der Waals surface area contributed by atoms with E-state index in [1.54, 1.807) is 47.4 Å². The van der Waals surface area contributed by atoms with Gasteiger partial charge in [0.25, 0.3) is 5.91 Å². The lowest BCUT2D eigenvalue weighted by Crippen LogP contribution is -2.26. The number of hydrogen-bond acceptors (Lipinski definition) is 3. The van der Waals surface area contributed by atoms with E-state index in [1.807, 2.05) is 42.5 Å². The van der Waals surface area contributed by atoms with E-state index in [0.717, 1.165) is 16.8 Å². The molecule has 2 aromatic heterocycles. The number of carbonyl (C=O) groups excluding carboxylic acids is 1. The van der Waals surface area contributed by atoms with Gasteiger partial charge in [-0.1, -0.05) is 30.3 Å². The Labute approximate surface area is 168 Å². The summed E-state index contributed by atoms with van der Waals surface area (Å²) in [6.07, 6.45) is 5.11. The van der Waals surface area contributed by atoms with Crippen LogP contribution in [0.4, 0.5) is 4.39 Å². The summed E-state index contributed by atoms with van der Waals surface area (Å²) in [5.41, 5.74) is 3.52. The number of pyridine rings is 1. The lowest BCUT2D eigenvalue weighted by Gasteiger charge is -2.17. The fourth-order valence-corrected chi connectivity index (χ4v) is 3.10. The molecule has 4 rings (SSSR count). The Kier molecular flexibility index (Phi) is 5.16. The lowest BCUT2D eigenvalue weighted by molar-refractivity contribution is 0.0786. The van der Waals surface area contributed by atoms with Gasteiger partial charge in [-0.05, 0) is 42.0 Å². The van der Waals surface area contributed by atoms with E-state index >= 15 is 0 Å². The van der Waals surface area contributed by atoms with Crippen LogP contribution in [0, 0.1) is 5.82 Å². The first-order valence-corrected chi connectivity index (χ1v) is 9.17. The standard InChI is InChI=1S/C23H19FN4O/c1-27(15-17-9-11-19(24)12-10-17)23(29)21-16-28(20-7-3-2-4-8-20)26-22(21)18-6-5-13-25-14-18/h2-14,16H,15H2,1H3. The molecule has 6 heteroatoms. The molecule has 0 unspecified atom stereocenters. The van der Waals surface area contributed by atoms with Gasteiger partial charge < -0.3 is 4.90 Å². The molecule has 4 aromatic rings. The predicted octanol–water partition coefficient (Wildman–Crippen LogP) is 4.35. The quantitative estimate of drug-likeness (QED) is 0.513. The molecule has 1 amide bonds. The molecule has 144 valence electrons. The number of nitrogens with zero attached hydrogens (tertiary/aromatic N) is 4. The maximum atomic E-state index is 13.2. The Hall–Kier alpha value is -3.80. The first-order chi connectivity index (χ1) is 14.1. The number of aromatic nitrogens is 3. The molecule has 0 aliphatic rings. The summed E-state index contributed by atoms with van der Waals surface area (Å²) >= 11 is 0. The minimum Gasteiger partial charge on any atom is -0.337 e. The van der Waals surface area contributed by atoms with Gasteiger partial charge >= 0.3 is 0 Å². The minimum atomic E-state index is -0.300. The fraction of sp³-hybridized carbons (Fsp3) is 0.0870. The molecule has 2 heterocycles. The van der Waals surface area contributed by atoms with Gasteiger partial charge in [-0.25, -0.2) is 9.07 Å². The van der Waals surface area contributed by atoms with Crippen LogP contribution < -0.4 is 0 Å². The Morgan fingerprint density at radius 2 is 1.79 bits per heavy atom. The Morgan fingerprint density at radius 3 is 2.48 bits per heavy atom. The summed E-state index contributed by atoms with van der Waals surface area (Å²) in [4.78, 5) is 19.0. The zero-order chi connectivity index (χ0) is 20.2. The molecule has 0 aliphatic carbocycles. The number of carbonyl (C=O) groups is 1. The highest BCUT2D eigenvalue weighted by atomic mass is 19.1. The zero-order valence-corrected chi connectivity index (χ0v) is 15.9. The van der Waals surface area contributed by atoms with Crippen LogP contribution in [-0.2, 0) is 6.54 Å². The molecule has 0 aliphatic heterocycles. The number of benzene rings is 2. The number of hydrogen-bond donors (Lipinski definition) is 0. The summed E-state index contributed by atoms with van der Waals surface area (Å²) in [6, 6.07) is 19.4. The molecule has 0 saturated heterocycles. The SMILES string of the molecule is CN(Cc1ccc(F)cc1)C(=O)c1cn(-c2ccccc2)nc1-c1cccnc1.